The van der Waals surface area contributed by atoms with E-state index in [9.17, 15) is 4.79 Å². The van der Waals surface area contributed by atoms with Gasteiger partial charge >= 0.3 is 0 Å². The highest BCUT2D eigenvalue weighted by molar-refractivity contribution is 9.10. The van der Waals surface area contributed by atoms with Crippen LogP contribution in [0.15, 0.2) is 50.4 Å². The first-order valence-electron chi connectivity index (χ1n) is 7.28. The van der Waals surface area contributed by atoms with E-state index in [-0.39, 0.29) is 5.91 Å². The molecule has 1 fully saturated rings. The molecule has 124 valence electrons. The Morgan fingerprint density at radius 3 is 2.96 bits per heavy atom. The Morgan fingerprint density at radius 1 is 1.42 bits per heavy atom. The van der Waals surface area contributed by atoms with Crippen molar-refractivity contribution in [2.75, 3.05) is 6.61 Å². The van der Waals surface area contributed by atoms with Crippen molar-refractivity contribution in [3.8, 4) is 5.75 Å². The molecule has 0 N–H and O–H groups in total. The van der Waals surface area contributed by atoms with Crippen molar-refractivity contribution in [2.24, 2.45) is 0 Å². The topological polar surface area (TPSA) is 42.7 Å². The summed E-state index contributed by atoms with van der Waals surface area (Å²) in [6.45, 7) is 2.82. The van der Waals surface area contributed by atoms with E-state index in [0.717, 1.165) is 15.8 Å². The van der Waals surface area contributed by atoms with Gasteiger partial charge in [-0.3, -0.25) is 9.69 Å². The fourth-order valence-electron chi connectivity index (χ4n) is 2.25. The number of carbonyl (C=O) groups is 1. The second kappa shape index (κ2) is 7.55. The molecule has 7 heteroatoms. The maximum absolute atomic E-state index is 12.7. The van der Waals surface area contributed by atoms with E-state index in [0.29, 0.717) is 28.1 Å². The van der Waals surface area contributed by atoms with Crippen LogP contribution in [0.4, 0.5) is 0 Å². The molecule has 3 rings (SSSR count). The number of rotatable bonds is 5. The zero-order chi connectivity index (χ0) is 17.1. The van der Waals surface area contributed by atoms with Gasteiger partial charge in [-0.1, -0.05) is 39.9 Å². The number of amides is 1. The maximum Gasteiger partial charge on any atom is 0.266 e. The number of carbonyl (C=O) groups excluding carboxylic acids is 1. The van der Waals surface area contributed by atoms with Gasteiger partial charge in [0, 0.05) is 10.0 Å². The highest BCUT2D eigenvalue weighted by atomic mass is 79.9. The molecule has 2 heterocycles. The van der Waals surface area contributed by atoms with E-state index < -0.39 is 0 Å². The lowest BCUT2D eigenvalue weighted by atomic mass is 10.2. The number of thioether (sulfide) groups is 1. The number of halogens is 1. The Kier molecular flexibility index (Phi) is 5.43. The standard InChI is InChI=1S/C17H14BrNO3S2/c1-2-21-14-6-5-12(18)8-11(14)9-15-16(20)19(17(23)24-15)10-13-4-3-7-22-13/h3-9H,2,10H2,1H3. The average molecular weight is 424 g/mol. The number of thiocarbonyl (C=S) groups is 1. The molecule has 2 aromatic rings. The third-order valence-corrected chi connectivity index (χ3v) is 5.20. The number of furan rings is 1. The van der Waals surface area contributed by atoms with E-state index in [2.05, 4.69) is 15.9 Å². The Bertz CT molecular complexity index is 802. The second-order valence-electron chi connectivity index (χ2n) is 4.96. The molecule has 0 unspecified atom stereocenters. The van der Waals surface area contributed by atoms with Crippen molar-refractivity contribution in [1.82, 2.24) is 4.90 Å². The zero-order valence-electron chi connectivity index (χ0n) is 12.8. The van der Waals surface area contributed by atoms with Crippen LogP contribution in [-0.2, 0) is 11.3 Å². The smallest absolute Gasteiger partial charge is 0.266 e. The molecule has 1 amide bonds. The van der Waals surface area contributed by atoms with Crippen LogP contribution in [0.2, 0.25) is 0 Å². The first kappa shape index (κ1) is 17.3. The van der Waals surface area contributed by atoms with Gasteiger partial charge < -0.3 is 9.15 Å². The normalized spacial score (nSPS) is 16.2. The number of nitrogens with zero attached hydrogens (tertiary/aromatic N) is 1. The average Bonchev–Trinajstić information content (AvgIpc) is 3.15. The molecule has 24 heavy (non-hydrogen) atoms. The minimum Gasteiger partial charge on any atom is -0.493 e. The molecule has 1 aromatic carbocycles. The Morgan fingerprint density at radius 2 is 2.25 bits per heavy atom. The summed E-state index contributed by atoms with van der Waals surface area (Å²) in [5, 5.41) is 0. The van der Waals surface area contributed by atoms with Gasteiger partial charge in [-0.2, -0.15) is 0 Å². The lowest BCUT2D eigenvalue weighted by molar-refractivity contribution is -0.122. The molecule has 1 aliphatic rings. The number of ether oxygens (including phenoxy) is 1. The van der Waals surface area contributed by atoms with Crippen LogP contribution in [0.3, 0.4) is 0 Å². The molecule has 4 nitrogen and oxygen atoms in total. The van der Waals surface area contributed by atoms with Crippen LogP contribution in [-0.4, -0.2) is 21.7 Å². The summed E-state index contributed by atoms with van der Waals surface area (Å²) in [4.78, 5) is 14.8. The lowest BCUT2D eigenvalue weighted by Crippen LogP contribution is -2.27. The van der Waals surface area contributed by atoms with Gasteiger partial charge in [0.15, 0.2) is 0 Å². The summed E-state index contributed by atoms with van der Waals surface area (Å²) in [5.41, 5.74) is 0.838. The van der Waals surface area contributed by atoms with E-state index in [1.807, 2.05) is 37.3 Å². The van der Waals surface area contributed by atoms with E-state index >= 15 is 0 Å². The largest absolute Gasteiger partial charge is 0.493 e. The van der Waals surface area contributed by atoms with Crippen LogP contribution in [0.25, 0.3) is 6.08 Å². The predicted octanol–water partition coefficient (Wildman–Crippen LogP) is 4.84. The fourth-order valence-corrected chi connectivity index (χ4v) is 3.88. The minimum absolute atomic E-state index is 0.121. The van der Waals surface area contributed by atoms with Gasteiger partial charge in [0.05, 0.1) is 24.3 Å². The quantitative estimate of drug-likeness (QED) is 0.508. The SMILES string of the molecule is CCOc1ccc(Br)cc1C=C1SC(=S)N(Cc2ccco2)C1=O. The summed E-state index contributed by atoms with van der Waals surface area (Å²) in [5.74, 6) is 1.31. The summed E-state index contributed by atoms with van der Waals surface area (Å²) in [6, 6.07) is 9.32. The van der Waals surface area contributed by atoms with Gasteiger partial charge in [0.1, 0.15) is 15.8 Å². The van der Waals surface area contributed by atoms with Gasteiger partial charge in [-0.05, 0) is 43.3 Å². The van der Waals surface area contributed by atoms with Crippen molar-refractivity contribution in [3.63, 3.8) is 0 Å². The van der Waals surface area contributed by atoms with Crippen LogP contribution in [0, 0.1) is 0 Å². The Labute approximate surface area is 158 Å². The molecular formula is C17H14BrNO3S2. The fraction of sp³-hybridized carbons (Fsp3) is 0.176. The molecule has 1 saturated heterocycles. The van der Waals surface area contributed by atoms with Gasteiger partial charge in [-0.25, -0.2) is 0 Å². The molecular weight excluding hydrogens is 410 g/mol. The number of hydrogen-bond acceptors (Lipinski definition) is 5. The summed E-state index contributed by atoms with van der Waals surface area (Å²) in [6.07, 6.45) is 3.40. The molecule has 0 atom stereocenters. The zero-order valence-corrected chi connectivity index (χ0v) is 16.0. The Hall–Kier alpha value is -1.57. The van der Waals surface area contributed by atoms with Crippen molar-refractivity contribution < 1.29 is 13.9 Å². The first-order valence-corrected chi connectivity index (χ1v) is 9.30. The van der Waals surface area contributed by atoms with Crippen molar-refractivity contribution in [2.45, 2.75) is 13.5 Å². The van der Waals surface area contributed by atoms with Crippen molar-refractivity contribution in [1.29, 1.82) is 0 Å². The number of hydrogen-bond donors (Lipinski definition) is 0. The van der Waals surface area contributed by atoms with E-state index in [4.69, 9.17) is 21.4 Å². The van der Waals surface area contributed by atoms with Crippen molar-refractivity contribution >= 4 is 56.2 Å². The summed E-state index contributed by atoms with van der Waals surface area (Å²) >= 11 is 10.1. The first-order chi connectivity index (χ1) is 11.6. The molecule has 1 aromatic heterocycles. The monoisotopic (exact) mass is 423 g/mol. The minimum atomic E-state index is -0.121. The summed E-state index contributed by atoms with van der Waals surface area (Å²) < 4.78 is 12.4. The van der Waals surface area contributed by atoms with E-state index in [1.54, 1.807) is 17.2 Å². The van der Waals surface area contributed by atoms with Crippen LogP contribution >= 0.6 is 39.9 Å². The lowest BCUT2D eigenvalue weighted by Gasteiger charge is -2.12. The van der Waals surface area contributed by atoms with Gasteiger partial charge in [-0.15, -0.1) is 0 Å². The molecule has 1 aliphatic heterocycles. The highest BCUT2D eigenvalue weighted by Gasteiger charge is 2.32. The van der Waals surface area contributed by atoms with Crippen molar-refractivity contribution in [3.05, 3.63) is 57.3 Å². The molecule has 0 radical (unpaired) electrons. The van der Waals surface area contributed by atoms with Crippen LogP contribution in [0.1, 0.15) is 18.2 Å². The van der Waals surface area contributed by atoms with Gasteiger partial charge in [0.25, 0.3) is 5.91 Å². The number of benzene rings is 1. The van der Waals surface area contributed by atoms with E-state index in [1.165, 1.54) is 11.8 Å². The molecule has 0 bridgehead atoms. The third kappa shape index (κ3) is 3.74. The van der Waals surface area contributed by atoms with Crippen LogP contribution in [0.5, 0.6) is 5.75 Å². The van der Waals surface area contributed by atoms with Gasteiger partial charge in [0.2, 0.25) is 0 Å². The molecule has 0 aliphatic carbocycles. The second-order valence-corrected chi connectivity index (χ2v) is 7.55. The Balaban J connectivity index is 1.87. The maximum atomic E-state index is 12.7. The summed E-state index contributed by atoms with van der Waals surface area (Å²) in [7, 11) is 0. The van der Waals surface area contributed by atoms with Crippen LogP contribution < -0.4 is 4.74 Å². The molecule has 0 spiro atoms. The molecule has 0 saturated carbocycles. The third-order valence-electron chi connectivity index (χ3n) is 3.33. The highest BCUT2D eigenvalue weighted by Crippen LogP contribution is 2.35. The predicted molar refractivity (Wildman–Crippen MR) is 103 cm³/mol.